The normalized spacial score (nSPS) is 11.2. The van der Waals surface area contributed by atoms with Crippen LogP contribution in [0.3, 0.4) is 0 Å². The van der Waals surface area contributed by atoms with Gasteiger partial charge in [-0.15, -0.1) is 23.1 Å². The third-order valence-electron chi connectivity index (χ3n) is 3.63. The van der Waals surface area contributed by atoms with Crippen molar-refractivity contribution in [2.45, 2.75) is 24.8 Å². The van der Waals surface area contributed by atoms with Crippen molar-refractivity contribution in [3.8, 4) is 12.1 Å². The Balaban J connectivity index is 2.53. The first-order chi connectivity index (χ1) is 12.6. The van der Waals surface area contributed by atoms with Gasteiger partial charge in [0.25, 0.3) is 5.56 Å². The first-order valence-corrected chi connectivity index (χ1v) is 10.2. The molecule has 0 fully saturated rings. The Labute approximate surface area is 160 Å². The van der Waals surface area contributed by atoms with Gasteiger partial charge in [-0.25, -0.2) is 0 Å². The highest BCUT2D eigenvalue weighted by atomic mass is 32.2. The van der Waals surface area contributed by atoms with Crippen LogP contribution in [0.25, 0.3) is 11.6 Å². The molecule has 0 saturated carbocycles. The van der Waals surface area contributed by atoms with Gasteiger partial charge in [-0.05, 0) is 43.4 Å². The van der Waals surface area contributed by atoms with Gasteiger partial charge in [0.2, 0.25) is 0 Å². The number of benzene rings is 1. The zero-order valence-electron chi connectivity index (χ0n) is 14.7. The van der Waals surface area contributed by atoms with E-state index in [-0.39, 0.29) is 11.1 Å². The molecule has 0 N–H and O–H groups in total. The SMILES string of the molecule is CCOCCCn1c(=C(C#N)C#N)s/c(=C/c2ccc(SC)cc2)c1=O. The van der Waals surface area contributed by atoms with Crippen molar-refractivity contribution in [1.29, 1.82) is 10.5 Å². The van der Waals surface area contributed by atoms with Gasteiger partial charge in [0, 0.05) is 24.7 Å². The van der Waals surface area contributed by atoms with Gasteiger partial charge in [-0.3, -0.25) is 9.36 Å². The molecule has 0 bridgehead atoms. The van der Waals surface area contributed by atoms with E-state index < -0.39 is 0 Å². The molecule has 5 nitrogen and oxygen atoms in total. The molecule has 1 heterocycles. The fourth-order valence-corrected chi connectivity index (χ4v) is 3.84. The summed E-state index contributed by atoms with van der Waals surface area (Å²) >= 11 is 2.83. The summed E-state index contributed by atoms with van der Waals surface area (Å²) in [5.41, 5.74) is 0.684. The molecule has 2 aromatic rings. The van der Waals surface area contributed by atoms with E-state index in [0.29, 0.717) is 35.4 Å². The summed E-state index contributed by atoms with van der Waals surface area (Å²) in [6.07, 6.45) is 4.45. The summed E-state index contributed by atoms with van der Waals surface area (Å²) in [6.45, 7) is 3.47. The molecule has 26 heavy (non-hydrogen) atoms. The van der Waals surface area contributed by atoms with Gasteiger partial charge >= 0.3 is 0 Å². The summed E-state index contributed by atoms with van der Waals surface area (Å²) in [7, 11) is 0. The standard InChI is InChI=1S/C19H19N3O2S2/c1-3-24-10-4-9-22-18(23)17(26-19(22)15(12-20)13-21)11-14-5-7-16(25-2)8-6-14/h5-8,11H,3-4,9-10H2,1-2H3/b17-11+. The highest BCUT2D eigenvalue weighted by Gasteiger charge is 2.09. The number of thiazole rings is 1. The number of thioether (sulfide) groups is 1. The average molecular weight is 386 g/mol. The number of rotatable bonds is 7. The lowest BCUT2D eigenvalue weighted by atomic mass is 10.2. The van der Waals surface area contributed by atoms with Crippen molar-refractivity contribution < 1.29 is 4.74 Å². The minimum absolute atomic E-state index is 0.0408. The van der Waals surface area contributed by atoms with E-state index in [1.165, 1.54) is 15.9 Å². The van der Waals surface area contributed by atoms with E-state index in [2.05, 4.69) is 0 Å². The Morgan fingerprint density at radius 1 is 1.31 bits per heavy atom. The largest absolute Gasteiger partial charge is 0.382 e. The van der Waals surface area contributed by atoms with Crippen molar-refractivity contribution in [3.05, 3.63) is 49.4 Å². The minimum atomic E-state index is -0.182. The Morgan fingerprint density at radius 3 is 2.58 bits per heavy atom. The van der Waals surface area contributed by atoms with Crippen LogP contribution in [0.4, 0.5) is 0 Å². The predicted molar refractivity (Wildman–Crippen MR) is 105 cm³/mol. The number of nitriles is 2. The van der Waals surface area contributed by atoms with Crippen LogP contribution in [0.2, 0.25) is 0 Å². The highest BCUT2D eigenvalue weighted by Crippen LogP contribution is 2.14. The van der Waals surface area contributed by atoms with E-state index in [1.54, 1.807) is 17.8 Å². The van der Waals surface area contributed by atoms with Crippen LogP contribution in [-0.2, 0) is 11.3 Å². The monoisotopic (exact) mass is 385 g/mol. The smallest absolute Gasteiger partial charge is 0.269 e. The molecular weight excluding hydrogens is 366 g/mol. The van der Waals surface area contributed by atoms with Crippen LogP contribution >= 0.6 is 23.1 Å². The van der Waals surface area contributed by atoms with Crippen LogP contribution in [0.5, 0.6) is 0 Å². The number of hydrogen-bond donors (Lipinski definition) is 0. The van der Waals surface area contributed by atoms with Crippen LogP contribution in [0.1, 0.15) is 18.9 Å². The van der Waals surface area contributed by atoms with E-state index in [4.69, 9.17) is 4.74 Å². The maximum absolute atomic E-state index is 12.8. The molecule has 7 heteroatoms. The molecule has 1 aromatic carbocycles. The minimum Gasteiger partial charge on any atom is -0.382 e. The zero-order valence-corrected chi connectivity index (χ0v) is 16.3. The third-order valence-corrected chi connectivity index (χ3v) is 5.51. The number of hydrogen-bond acceptors (Lipinski definition) is 6. The molecular formula is C19H19N3O2S2. The third kappa shape index (κ3) is 4.86. The summed E-state index contributed by atoms with van der Waals surface area (Å²) < 4.78 is 7.74. The molecule has 0 radical (unpaired) electrons. The Morgan fingerprint density at radius 2 is 2.00 bits per heavy atom. The van der Waals surface area contributed by atoms with Crippen molar-refractivity contribution >= 4 is 34.7 Å². The van der Waals surface area contributed by atoms with Gasteiger partial charge in [-0.2, -0.15) is 10.5 Å². The van der Waals surface area contributed by atoms with E-state index >= 15 is 0 Å². The Bertz CT molecular complexity index is 990. The maximum atomic E-state index is 12.8. The molecule has 0 aliphatic heterocycles. The Kier molecular flexibility index (Phi) is 7.68. The number of nitrogens with zero attached hydrogens (tertiary/aromatic N) is 3. The summed E-state index contributed by atoms with van der Waals surface area (Å²) in [5.74, 6) is 0. The molecule has 0 aliphatic carbocycles. The zero-order chi connectivity index (χ0) is 18.9. The first-order valence-electron chi connectivity index (χ1n) is 8.12. The van der Waals surface area contributed by atoms with Gasteiger partial charge < -0.3 is 4.74 Å². The van der Waals surface area contributed by atoms with Gasteiger partial charge in [0.1, 0.15) is 16.8 Å². The summed E-state index contributed by atoms with van der Waals surface area (Å²) in [4.78, 5) is 13.9. The lowest BCUT2D eigenvalue weighted by Gasteiger charge is -2.02. The summed E-state index contributed by atoms with van der Waals surface area (Å²) in [6, 6.07) is 11.7. The predicted octanol–water partition coefficient (Wildman–Crippen LogP) is 2.08. The van der Waals surface area contributed by atoms with E-state index in [1.807, 2.05) is 49.6 Å². The van der Waals surface area contributed by atoms with Crippen LogP contribution in [0, 0.1) is 22.7 Å². The average Bonchev–Trinajstić information content (AvgIpc) is 2.96. The second kappa shape index (κ2) is 9.98. The van der Waals surface area contributed by atoms with Crippen molar-refractivity contribution in [3.63, 3.8) is 0 Å². The topological polar surface area (TPSA) is 78.8 Å². The molecule has 0 spiro atoms. The molecule has 1 aromatic heterocycles. The van der Waals surface area contributed by atoms with Crippen LogP contribution in [0.15, 0.2) is 34.0 Å². The highest BCUT2D eigenvalue weighted by molar-refractivity contribution is 7.98. The fourth-order valence-electron chi connectivity index (χ4n) is 2.35. The van der Waals surface area contributed by atoms with Crippen LogP contribution in [-0.4, -0.2) is 24.0 Å². The molecule has 134 valence electrons. The van der Waals surface area contributed by atoms with Gasteiger partial charge in [0.15, 0.2) is 5.57 Å². The molecule has 0 saturated heterocycles. The van der Waals surface area contributed by atoms with E-state index in [0.717, 1.165) is 10.5 Å². The molecule has 0 atom stereocenters. The van der Waals surface area contributed by atoms with E-state index in [9.17, 15) is 15.3 Å². The summed E-state index contributed by atoms with van der Waals surface area (Å²) in [5, 5.41) is 18.4. The van der Waals surface area contributed by atoms with Crippen molar-refractivity contribution in [1.82, 2.24) is 4.57 Å². The second-order valence-electron chi connectivity index (χ2n) is 5.29. The molecule has 0 aliphatic rings. The Hall–Kier alpha value is -2.32. The first kappa shape index (κ1) is 20.0. The molecule has 0 amide bonds. The quantitative estimate of drug-likeness (QED) is 0.539. The maximum Gasteiger partial charge on any atom is 0.269 e. The second-order valence-corrected chi connectivity index (χ2v) is 7.21. The molecule has 0 unspecified atom stereocenters. The van der Waals surface area contributed by atoms with Crippen molar-refractivity contribution in [2.75, 3.05) is 19.5 Å². The van der Waals surface area contributed by atoms with Gasteiger partial charge in [0.05, 0.1) is 4.53 Å². The van der Waals surface area contributed by atoms with Crippen molar-refractivity contribution in [2.24, 2.45) is 0 Å². The number of ether oxygens (including phenoxy) is 1. The van der Waals surface area contributed by atoms with Gasteiger partial charge in [-0.1, -0.05) is 12.1 Å². The number of aromatic nitrogens is 1. The lowest BCUT2D eigenvalue weighted by Crippen LogP contribution is -2.32. The fraction of sp³-hybridized carbons (Fsp3) is 0.316. The lowest BCUT2D eigenvalue weighted by molar-refractivity contribution is 0.141. The van der Waals surface area contributed by atoms with Crippen LogP contribution < -0.4 is 14.8 Å². The molecule has 2 rings (SSSR count).